The van der Waals surface area contributed by atoms with Gasteiger partial charge in [-0.2, -0.15) is 0 Å². The van der Waals surface area contributed by atoms with E-state index in [1.807, 2.05) is 48.5 Å². The molecule has 0 saturated carbocycles. The molecule has 60 heavy (non-hydrogen) atoms. The van der Waals surface area contributed by atoms with E-state index in [2.05, 4.69) is 173 Å². The normalized spacial score (nSPS) is 11.7. The molecule has 0 aliphatic carbocycles. The molecule has 0 aliphatic heterocycles. The molecule has 0 fully saturated rings. The first-order valence-electron chi connectivity index (χ1n) is 20.2. The van der Waals surface area contributed by atoms with Crippen molar-refractivity contribution in [1.82, 2.24) is 9.55 Å². The number of oxazole rings is 1. The van der Waals surface area contributed by atoms with E-state index in [9.17, 15) is 0 Å². The van der Waals surface area contributed by atoms with Gasteiger partial charge in [0.2, 0.25) is 5.89 Å². The van der Waals surface area contributed by atoms with Crippen LogP contribution in [0.2, 0.25) is 0 Å². The molecule has 12 rings (SSSR count). The quantitative estimate of drug-likeness (QED) is 0.162. The van der Waals surface area contributed by atoms with Crippen molar-refractivity contribution >= 4 is 71.9 Å². The number of hydrogen-bond acceptors (Lipinski definition) is 4. The number of hydrogen-bond donors (Lipinski definition) is 0. The number of fused-ring (bicyclic) bond motifs is 7. The van der Waals surface area contributed by atoms with Crippen LogP contribution in [0.1, 0.15) is 0 Å². The van der Waals surface area contributed by atoms with Crippen LogP contribution in [0.3, 0.4) is 0 Å². The van der Waals surface area contributed by atoms with Crippen LogP contribution < -0.4 is 4.90 Å². The van der Waals surface area contributed by atoms with Crippen molar-refractivity contribution in [2.75, 3.05) is 4.90 Å². The molecule has 3 aromatic heterocycles. The van der Waals surface area contributed by atoms with Gasteiger partial charge < -0.3 is 18.3 Å². The van der Waals surface area contributed by atoms with E-state index >= 15 is 0 Å². The van der Waals surface area contributed by atoms with Crippen LogP contribution in [-0.4, -0.2) is 9.55 Å². The molecule has 5 nitrogen and oxygen atoms in total. The van der Waals surface area contributed by atoms with Gasteiger partial charge in [-0.3, -0.25) is 0 Å². The van der Waals surface area contributed by atoms with Gasteiger partial charge in [-0.25, -0.2) is 4.98 Å². The van der Waals surface area contributed by atoms with E-state index in [4.69, 9.17) is 13.8 Å². The number of furan rings is 1. The molecule has 0 unspecified atom stereocenters. The predicted octanol–water partition coefficient (Wildman–Crippen LogP) is 15.3. The minimum Gasteiger partial charge on any atom is -0.455 e. The largest absolute Gasteiger partial charge is 0.455 e. The summed E-state index contributed by atoms with van der Waals surface area (Å²) in [7, 11) is 0. The van der Waals surface area contributed by atoms with Crippen molar-refractivity contribution < 1.29 is 8.83 Å². The summed E-state index contributed by atoms with van der Waals surface area (Å²) in [6.07, 6.45) is 0. The third kappa shape index (κ3) is 5.44. The second-order valence-electron chi connectivity index (χ2n) is 15.1. The summed E-state index contributed by atoms with van der Waals surface area (Å²) >= 11 is 0. The fourth-order valence-electron chi connectivity index (χ4n) is 8.91. The van der Waals surface area contributed by atoms with Crippen LogP contribution in [0.4, 0.5) is 17.1 Å². The minimum absolute atomic E-state index is 0.577. The minimum atomic E-state index is 0.577. The average Bonchev–Trinajstić information content (AvgIpc) is 4.02. The van der Waals surface area contributed by atoms with E-state index in [-0.39, 0.29) is 0 Å². The Hall–Kier alpha value is -8.15. The van der Waals surface area contributed by atoms with E-state index in [1.165, 1.54) is 16.3 Å². The SMILES string of the molecule is c1ccc(-c2cccc(N(c3ccc(-c4c5oc(-c6ccccc6)nc5cc5c4oc4ccccc45)cc3)c3cccc4c3c3ccccc3n4-c3ccccc3)c2)cc1. The van der Waals surface area contributed by atoms with Gasteiger partial charge in [0.1, 0.15) is 16.7 Å². The van der Waals surface area contributed by atoms with E-state index in [0.29, 0.717) is 11.5 Å². The highest BCUT2D eigenvalue weighted by atomic mass is 16.4. The van der Waals surface area contributed by atoms with Gasteiger partial charge in [0, 0.05) is 44.2 Å². The summed E-state index contributed by atoms with van der Waals surface area (Å²) in [5.74, 6) is 0.577. The maximum Gasteiger partial charge on any atom is 0.227 e. The fraction of sp³-hybridized carbons (Fsp3) is 0. The first-order chi connectivity index (χ1) is 29.8. The van der Waals surface area contributed by atoms with Crippen molar-refractivity contribution in [3.05, 3.63) is 212 Å². The standard InChI is InChI=1S/C55H35N3O2/c1-4-16-36(17-5-1)39-20-14-23-42(34-39)57(48-27-15-28-49-52(48)44-25-10-12-26-47(44)58(49)40-21-8-3-9-22-40)41-32-30-37(31-33-41)51-53-45(43-24-11-13-29-50(43)59-53)35-46-54(51)60-55(56-46)38-18-6-2-7-19-38/h1-35H. The maximum atomic E-state index is 6.66. The van der Waals surface area contributed by atoms with Crippen molar-refractivity contribution in [2.45, 2.75) is 0 Å². The smallest absolute Gasteiger partial charge is 0.227 e. The summed E-state index contributed by atoms with van der Waals surface area (Å²) in [6, 6.07) is 74.5. The highest BCUT2D eigenvalue weighted by molar-refractivity contribution is 6.18. The van der Waals surface area contributed by atoms with Crippen molar-refractivity contribution in [3.63, 3.8) is 0 Å². The number of aromatic nitrogens is 2. The van der Waals surface area contributed by atoms with Gasteiger partial charge in [0.05, 0.1) is 22.3 Å². The number of benzene rings is 9. The van der Waals surface area contributed by atoms with Crippen LogP contribution in [0.25, 0.3) is 94.2 Å². The van der Waals surface area contributed by atoms with Gasteiger partial charge in [0.25, 0.3) is 0 Å². The molecule has 5 heteroatoms. The first kappa shape index (κ1) is 33.9. The third-order valence-electron chi connectivity index (χ3n) is 11.6. The molecule has 0 saturated heterocycles. The van der Waals surface area contributed by atoms with E-state index in [0.717, 1.165) is 83.5 Å². The van der Waals surface area contributed by atoms with Crippen LogP contribution in [0.15, 0.2) is 221 Å². The number of rotatable bonds is 7. The zero-order valence-electron chi connectivity index (χ0n) is 32.4. The Morgan fingerprint density at radius 2 is 1.07 bits per heavy atom. The van der Waals surface area contributed by atoms with Gasteiger partial charge in [-0.1, -0.05) is 133 Å². The highest BCUT2D eigenvalue weighted by Gasteiger charge is 2.24. The van der Waals surface area contributed by atoms with Gasteiger partial charge >= 0.3 is 0 Å². The van der Waals surface area contributed by atoms with Crippen molar-refractivity contribution in [3.8, 4) is 39.4 Å². The average molecular weight is 770 g/mol. The van der Waals surface area contributed by atoms with E-state index in [1.54, 1.807) is 0 Å². The van der Waals surface area contributed by atoms with Crippen molar-refractivity contribution in [1.29, 1.82) is 0 Å². The Morgan fingerprint density at radius 1 is 0.417 bits per heavy atom. The van der Waals surface area contributed by atoms with Crippen LogP contribution >= 0.6 is 0 Å². The Labute approximate surface area is 345 Å². The van der Waals surface area contributed by atoms with Gasteiger partial charge in [0.15, 0.2) is 5.58 Å². The molecule has 0 radical (unpaired) electrons. The number of para-hydroxylation sites is 3. The molecule has 3 heterocycles. The van der Waals surface area contributed by atoms with E-state index < -0.39 is 0 Å². The first-order valence-corrected chi connectivity index (χ1v) is 20.2. The molecule has 282 valence electrons. The third-order valence-corrected chi connectivity index (χ3v) is 11.6. The molecule has 0 amide bonds. The fourth-order valence-corrected chi connectivity index (χ4v) is 8.91. The lowest BCUT2D eigenvalue weighted by molar-refractivity contribution is 0.619. The summed E-state index contributed by atoms with van der Waals surface area (Å²) < 4.78 is 15.7. The second-order valence-corrected chi connectivity index (χ2v) is 15.1. The van der Waals surface area contributed by atoms with Crippen LogP contribution in [-0.2, 0) is 0 Å². The Bertz CT molecular complexity index is 3530. The van der Waals surface area contributed by atoms with Crippen LogP contribution in [0, 0.1) is 0 Å². The summed E-state index contributed by atoms with van der Waals surface area (Å²) in [4.78, 5) is 7.41. The lowest BCUT2D eigenvalue weighted by Crippen LogP contribution is -2.10. The Morgan fingerprint density at radius 3 is 1.87 bits per heavy atom. The second kappa shape index (κ2) is 13.8. The number of anilines is 3. The molecule has 9 aromatic carbocycles. The molecule has 0 N–H and O–H groups in total. The molecular formula is C55H35N3O2. The summed E-state index contributed by atoms with van der Waals surface area (Å²) in [5, 5.41) is 4.41. The highest BCUT2D eigenvalue weighted by Crippen LogP contribution is 2.47. The zero-order chi connectivity index (χ0) is 39.6. The van der Waals surface area contributed by atoms with Gasteiger partial charge in [-0.15, -0.1) is 0 Å². The molecule has 0 aliphatic rings. The lowest BCUT2D eigenvalue weighted by Gasteiger charge is -2.27. The molecule has 0 atom stereocenters. The van der Waals surface area contributed by atoms with Gasteiger partial charge in [-0.05, 0) is 95.6 Å². The zero-order valence-corrected chi connectivity index (χ0v) is 32.4. The molecular weight excluding hydrogens is 735 g/mol. The summed E-state index contributed by atoms with van der Waals surface area (Å²) in [6.45, 7) is 0. The Kier molecular flexibility index (Phi) is 7.78. The lowest BCUT2D eigenvalue weighted by atomic mass is 10.00. The molecule has 12 aromatic rings. The Balaban J connectivity index is 1.09. The maximum absolute atomic E-state index is 6.66. The molecule has 0 bridgehead atoms. The van der Waals surface area contributed by atoms with Crippen molar-refractivity contribution in [2.24, 2.45) is 0 Å². The monoisotopic (exact) mass is 769 g/mol. The topological polar surface area (TPSA) is 47.3 Å². The number of nitrogens with zero attached hydrogens (tertiary/aromatic N) is 3. The van der Waals surface area contributed by atoms with Crippen LogP contribution in [0.5, 0.6) is 0 Å². The summed E-state index contributed by atoms with van der Waals surface area (Å²) in [5.41, 5.74) is 14.7. The predicted molar refractivity (Wildman–Crippen MR) is 247 cm³/mol. The molecule has 0 spiro atoms.